The lowest BCUT2D eigenvalue weighted by molar-refractivity contribution is 0.374. The maximum Gasteiger partial charge on any atom is 0.0181 e. The standard InChI is InChI=1S/C20H18/c1-20(15-9-4-10-16-20)19(17-11-5-2-6-12-17)18-13-7-3-8-14-18/h4-15,19H,16H2,1H3/t20-/m1/s1. The molecule has 0 amide bonds. The summed E-state index contributed by atoms with van der Waals surface area (Å²) in [6.45, 7) is 2.34. The summed E-state index contributed by atoms with van der Waals surface area (Å²) in [4.78, 5) is 0. The molecule has 0 fully saturated rings. The summed E-state index contributed by atoms with van der Waals surface area (Å²) in [5, 5.41) is 0. The van der Waals surface area contributed by atoms with Gasteiger partial charge in [-0.25, -0.2) is 0 Å². The summed E-state index contributed by atoms with van der Waals surface area (Å²) in [5.74, 6) is 0.355. The van der Waals surface area contributed by atoms with Crippen LogP contribution >= 0.6 is 0 Å². The minimum atomic E-state index is 0.109. The van der Waals surface area contributed by atoms with Gasteiger partial charge >= 0.3 is 0 Å². The summed E-state index contributed by atoms with van der Waals surface area (Å²) < 4.78 is 0. The highest BCUT2D eigenvalue weighted by molar-refractivity contribution is 5.38. The number of rotatable bonds is 3. The van der Waals surface area contributed by atoms with Crippen molar-refractivity contribution in [3.05, 3.63) is 96.1 Å². The molecule has 2 aromatic rings. The molecule has 0 bridgehead atoms. The second-order valence-electron chi connectivity index (χ2n) is 5.60. The largest absolute Gasteiger partial charge is 0.0837 e. The Bertz CT molecular complexity index is 568. The van der Waals surface area contributed by atoms with Crippen molar-refractivity contribution >= 4 is 0 Å². The van der Waals surface area contributed by atoms with Crippen molar-refractivity contribution in [3.63, 3.8) is 0 Å². The molecule has 0 heterocycles. The zero-order valence-electron chi connectivity index (χ0n) is 11.7. The second-order valence-corrected chi connectivity index (χ2v) is 5.60. The molecule has 20 heavy (non-hydrogen) atoms. The Balaban J connectivity index is 2.09. The van der Waals surface area contributed by atoms with Gasteiger partial charge in [-0.15, -0.1) is 0 Å². The quantitative estimate of drug-likeness (QED) is 0.731. The molecule has 1 atom stereocenters. The first kappa shape index (κ1) is 12.9. The molecule has 0 heteroatoms. The SMILES string of the molecule is C[C@@]1(C(c2cc[c]cc2)c2cc[c]cc2)C=CC=CC1. The molecule has 0 aromatic heterocycles. The molecular formula is C20H18. The van der Waals surface area contributed by atoms with E-state index in [0.29, 0.717) is 5.92 Å². The number of hydrogen-bond acceptors (Lipinski definition) is 0. The first-order chi connectivity index (χ1) is 9.80. The van der Waals surface area contributed by atoms with Crippen LogP contribution in [-0.2, 0) is 0 Å². The Kier molecular flexibility index (Phi) is 3.56. The van der Waals surface area contributed by atoms with Gasteiger partial charge in [-0.3, -0.25) is 0 Å². The molecule has 0 saturated heterocycles. The average Bonchev–Trinajstić information content (AvgIpc) is 2.50. The molecule has 0 N–H and O–H groups in total. The maximum absolute atomic E-state index is 3.12. The molecular weight excluding hydrogens is 240 g/mol. The van der Waals surface area contributed by atoms with E-state index in [4.69, 9.17) is 0 Å². The lowest BCUT2D eigenvalue weighted by atomic mass is 9.67. The second kappa shape index (κ2) is 5.50. The van der Waals surface area contributed by atoms with Crippen LogP contribution in [0.3, 0.4) is 0 Å². The first-order valence-electron chi connectivity index (χ1n) is 7.06. The van der Waals surface area contributed by atoms with E-state index in [9.17, 15) is 0 Å². The predicted octanol–water partition coefficient (Wildman–Crippen LogP) is 4.94. The van der Waals surface area contributed by atoms with E-state index in [0.717, 1.165) is 6.42 Å². The van der Waals surface area contributed by atoms with E-state index in [1.165, 1.54) is 11.1 Å². The van der Waals surface area contributed by atoms with E-state index in [2.05, 4.69) is 67.6 Å². The average molecular weight is 258 g/mol. The number of allylic oxidation sites excluding steroid dienone is 4. The molecule has 0 aliphatic heterocycles. The fourth-order valence-electron chi connectivity index (χ4n) is 3.10. The van der Waals surface area contributed by atoms with Crippen molar-refractivity contribution in [2.24, 2.45) is 5.41 Å². The Morgan fingerprint density at radius 3 is 1.90 bits per heavy atom. The van der Waals surface area contributed by atoms with Crippen molar-refractivity contribution in [2.75, 3.05) is 0 Å². The van der Waals surface area contributed by atoms with E-state index < -0.39 is 0 Å². The third-order valence-corrected chi connectivity index (χ3v) is 4.10. The van der Waals surface area contributed by atoms with Crippen LogP contribution in [0.2, 0.25) is 0 Å². The van der Waals surface area contributed by atoms with Gasteiger partial charge in [0.2, 0.25) is 0 Å². The Morgan fingerprint density at radius 1 is 0.900 bits per heavy atom. The number of hydrogen-bond donors (Lipinski definition) is 0. The highest BCUT2D eigenvalue weighted by atomic mass is 14.4. The van der Waals surface area contributed by atoms with E-state index in [1.54, 1.807) is 0 Å². The summed E-state index contributed by atoms with van der Waals surface area (Å²) in [5.41, 5.74) is 2.80. The molecule has 2 radical (unpaired) electrons. The van der Waals surface area contributed by atoms with Gasteiger partial charge < -0.3 is 0 Å². The molecule has 0 nitrogen and oxygen atoms in total. The fourth-order valence-corrected chi connectivity index (χ4v) is 3.10. The highest BCUT2D eigenvalue weighted by Crippen LogP contribution is 2.45. The minimum Gasteiger partial charge on any atom is -0.0837 e. The van der Waals surface area contributed by atoms with Gasteiger partial charge in [0.25, 0.3) is 0 Å². The summed E-state index contributed by atoms with van der Waals surface area (Å²) in [7, 11) is 0. The zero-order valence-corrected chi connectivity index (χ0v) is 11.7. The van der Waals surface area contributed by atoms with Crippen LogP contribution in [0.1, 0.15) is 30.4 Å². The van der Waals surface area contributed by atoms with E-state index in [1.807, 2.05) is 24.3 Å². The Morgan fingerprint density at radius 2 is 1.45 bits per heavy atom. The van der Waals surface area contributed by atoms with Gasteiger partial charge in [-0.1, -0.05) is 79.8 Å². The predicted molar refractivity (Wildman–Crippen MR) is 83.4 cm³/mol. The van der Waals surface area contributed by atoms with Crippen LogP contribution in [0.4, 0.5) is 0 Å². The van der Waals surface area contributed by atoms with Crippen LogP contribution in [0, 0.1) is 17.5 Å². The lowest BCUT2D eigenvalue weighted by Gasteiger charge is -2.36. The highest BCUT2D eigenvalue weighted by Gasteiger charge is 2.33. The van der Waals surface area contributed by atoms with Crippen molar-refractivity contribution in [3.8, 4) is 0 Å². The molecule has 98 valence electrons. The Hall–Kier alpha value is -2.08. The fraction of sp³-hybridized carbons (Fsp3) is 0.200. The molecule has 1 aliphatic rings. The lowest BCUT2D eigenvalue weighted by Crippen LogP contribution is -2.25. The number of benzene rings is 2. The molecule has 0 spiro atoms. The van der Waals surface area contributed by atoms with Gasteiger partial charge in [0.05, 0.1) is 0 Å². The van der Waals surface area contributed by atoms with Crippen LogP contribution in [0.5, 0.6) is 0 Å². The third-order valence-electron chi connectivity index (χ3n) is 4.10. The monoisotopic (exact) mass is 258 g/mol. The van der Waals surface area contributed by atoms with Crippen molar-refractivity contribution in [1.29, 1.82) is 0 Å². The van der Waals surface area contributed by atoms with Crippen molar-refractivity contribution < 1.29 is 0 Å². The first-order valence-corrected chi connectivity index (χ1v) is 7.06. The summed E-state index contributed by atoms with van der Waals surface area (Å²) in [6, 6.07) is 23.0. The summed E-state index contributed by atoms with van der Waals surface area (Å²) in [6.07, 6.45) is 9.96. The van der Waals surface area contributed by atoms with Gasteiger partial charge in [-0.2, -0.15) is 0 Å². The minimum absolute atomic E-state index is 0.109. The molecule has 0 unspecified atom stereocenters. The van der Waals surface area contributed by atoms with Crippen LogP contribution < -0.4 is 0 Å². The van der Waals surface area contributed by atoms with E-state index in [-0.39, 0.29) is 5.41 Å². The van der Waals surface area contributed by atoms with Gasteiger partial charge in [0.1, 0.15) is 0 Å². The van der Waals surface area contributed by atoms with Gasteiger partial charge in [0, 0.05) is 11.3 Å². The van der Waals surface area contributed by atoms with Crippen LogP contribution in [0.25, 0.3) is 0 Å². The molecule has 3 rings (SSSR count). The van der Waals surface area contributed by atoms with Crippen molar-refractivity contribution in [2.45, 2.75) is 19.3 Å². The topological polar surface area (TPSA) is 0 Å². The smallest absolute Gasteiger partial charge is 0.0181 e. The van der Waals surface area contributed by atoms with Crippen LogP contribution in [-0.4, -0.2) is 0 Å². The summed E-state index contributed by atoms with van der Waals surface area (Å²) >= 11 is 0. The Labute approximate surface area is 121 Å². The normalized spacial score (nSPS) is 21.3. The third kappa shape index (κ3) is 2.46. The van der Waals surface area contributed by atoms with E-state index >= 15 is 0 Å². The molecule has 1 aliphatic carbocycles. The van der Waals surface area contributed by atoms with Crippen molar-refractivity contribution in [1.82, 2.24) is 0 Å². The van der Waals surface area contributed by atoms with Gasteiger partial charge in [0.15, 0.2) is 0 Å². The van der Waals surface area contributed by atoms with Gasteiger partial charge in [-0.05, 0) is 29.7 Å². The zero-order chi connectivity index (χ0) is 13.8. The molecule has 0 saturated carbocycles. The molecule has 2 aromatic carbocycles. The van der Waals surface area contributed by atoms with Crippen LogP contribution in [0.15, 0.2) is 72.8 Å². The maximum atomic E-state index is 3.12.